The quantitative estimate of drug-likeness (QED) is 0.601. The normalized spacial score (nSPS) is 25.5. The fraction of sp³-hybridized carbons (Fsp3) is 0.267. The summed E-state index contributed by atoms with van der Waals surface area (Å²) in [7, 11) is -2.63. The summed E-state index contributed by atoms with van der Waals surface area (Å²) in [5.74, 6) is 1.14. The molecular formula is C15H13N3O4. The van der Waals surface area contributed by atoms with Crippen molar-refractivity contribution in [3.8, 4) is 18.1 Å². The van der Waals surface area contributed by atoms with Crippen LogP contribution in [-0.2, 0) is 11.3 Å². The van der Waals surface area contributed by atoms with Gasteiger partial charge in [0, 0.05) is 12.1 Å². The van der Waals surface area contributed by atoms with Crippen LogP contribution < -0.4 is 15.4 Å². The fourth-order valence-electron chi connectivity index (χ4n) is 2.57. The molecule has 2 N–H and O–H groups in total. The summed E-state index contributed by atoms with van der Waals surface area (Å²) in [6.07, 6.45) is 5.40. The molecule has 2 aliphatic heterocycles. The Hall–Kier alpha value is -3.01. The zero-order valence-corrected chi connectivity index (χ0v) is 11.3. The first-order chi connectivity index (χ1) is 11.6. The molecule has 2 heterocycles. The molecule has 112 valence electrons. The number of fused-ring (bicyclic) bond motifs is 1. The number of carbonyl (C=O) groups excluding carboxylic acids is 3. The summed E-state index contributed by atoms with van der Waals surface area (Å²) in [5.41, 5.74) is -0.731. The number of methoxy groups -OCH3 is 1. The van der Waals surface area contributed by atoms with Gasteiger partial charge in [-0.05, 0) is 17.7 Å². The average Bonchev–Trinajstić information content (AvgIpc) is 2.96. The predicted octanol–water partition coefficient (Wildman–Crippen LogP) is -0.138. The van der Waals surface area contributed by atoms with Crippen LogP contribution in [0.25, 0.3) is 0 Å². The van der Waals surface area contributed by atoms with Crippen LogP contribution in [0.2, 0.25) is 0 Å². The molecule has 3 rings (SSSR count). The number of nitrogens with one attached hydrogen (secondary N) is 2. The highest BCUT2D eigenvalue weighted by Gasteiger charge is 2.48. The molecule has 0 spiro atoms. The zero-order chi connectivity index (χ0) is 18.4. The van der Waals surface area contributed by atoms with E-state index in [0.29, 0.717) is 5.56 Å². The number of urea groups is 1. The van der Waals surface area contributed by atoms with E-state index in [1.807, 2.05) is 0 Å². The van der Waals surface area contributed by atoms with Crippen molar-refractivity contribution >= 4 is 17.8 Å². The third kappa shape index (κ3) is 1.97. The van der Waals surface area contributed by atoms with Gasteiger partial charge in [-0.25, -0.2) is 4.79 Å². The van der Waals surface area contributed by atoms with E-state index in [9.17, 15) is 14.4 Å². The second-order valence-corrected chi connectivity index (χ2v) is 5.04. The second kappa shape index (κ2) is 4.77. The van der Waals surface area contributed by atoms with Gasteiger partial charge in [-0.3, -0.25) is 14.9 Å². The lowest BCUT2D eigenvalue weighted by Gasteiger charge is -2.26. The van der Waals surface area contributed by atoms with E-state index in [1.54, 1.807) is 6.07 Å². The van der Waals surface area contributed by atoms with Crippen LogP contribution in [-0.4, -0.2) is 41.9 Å². The molecule has 0 saturated carbocycles. The molecule has 0 radical (unpaired) electrons. The number of hydrogen-bond donors (Lipinski definition) is 2. The van der Waals surface area contributed by atoms with Crippen molar-refractivity contribution in [1.29, 1.82) is 0 Å². The molecular weight excluding hydrogens is 286 g/mol. The number of benzene rings is 1. The number of amides is 4. The highest BCUT2D eigenvalue weighted by molar-refractivity contribution is 6.10. The van der Waals surface area contributed by atoms with E-state index in [4.69, 9.17) is 15.3 Å². The molecule has 4 amide bonds. The van der Waals surface area contributed by atoms with Crippen molar-refractivity contribution in [2.24, 2.45) is 0 Å². The molecule has 7 nitrogen and oxygen atoms in total. The van der Waals surface area contributed by atoms with Crippen molar-refractivity contribution in [3.05, 3.63) is 29.3 Å². The number of carbonyl (C=O) groups is 3. The number of nitrogens with zero attached hydrogens (tertiary/aromatic N) is 1. The first-order valence-electron chi connectivity index (χ1n) is 7.86. The van der Waals surface area contributed by atoms with Crippen LogP contribution in [0.15, 0.2) is 18.2 Å². The largest absolute Gasteiger partial charge is 0.497 e. The summed E-state index contributed by atoms with van der Waals surface area (Å²) in [6.45, 7) is -0.0289. The lowest BCUT2D eigenvalue weighted by atomic mass is 10.0. The number of hydrogen-bond acceptors (Lipinski definition) is 4. The van der Waals surface area contributed by atoms with Crippen molar-refractivity contribution in [2.45, 2.75) is 12.1 Å². The molecule has 0 bridgehead atoms. The van der Waals surface area contributed by atoms with Crippen molar-refractivity contribution < 1.29 is 23.2 Å². The standard InChI is InChI=1S/C15H13N3O4/c1-3-15(13(20)16-14(21)17-15)8-18-7-9-4-5-10(22-2)6-11(9)12(18)19/h1,4-6H,7-8H2,2H3,(H2,16,17,20,21)/t15-/m1/s1/i2D3. The van der Waals surface area contributed by atoms with Crippen LogP contribution >= 0.6 is 0 Å². The Bertz CT molecular complexity index is 830. The zero-order valence-electron chi connectivity index (χ0n) is 14.3. The number of terminal acetylenes is 1. The average molecular weight is 302 g/mol. The monoisotopic (exact) mass is 302 g/mol. The van der Waals surface area contributed by atoms with E-state index in [1.165, 1.54) is 17.0 Å². The number of rotatable bonds is 3. The molecule has 1 saturated heterocycles. The predicted molar refractivity (Wildman–Crippen MR) is 76.0 cm³/mol. The molecule has 1 aromatic carbocycles. The minimum atomic E-state index is -2.63. The van der Waals surface area contributed by atoms with E-state index in [-0.39, 0.29) is 24.4 Å². The van der Waals surface area contributed by atoms with Crippen LogP contribution in [0.3, 0.4) is 0 Å². The lowest BCUT2D eigenvalue weighted by Crippen LogP contribution is -2.54. The van der Waals surface area contributed by atoms with E-state index < -0.39 is 30.4 Å². The van der Waals surface area contributed by atoms with Gasteiger partial charge in [-0.15, -0.1) is 6.42 Å². The minimum Gasteiger partial charge on any atom is -0.497 e. The Morgan fingerprint density at radius 2 is 2.32 bits per heavy atom. The van der Waals surface area contributed by atoms with Gasteiger partial charge in [0.2, 0.25) is 0 Å². The third-order valence-electron chi connectivity index (χ3n) is 3.69. The van der Waals surface area contributed by atoms with Crippen LogP contribution in [0.5, 0.6) is 5.75 Å². The lowest BCUT2D eigenvalue weighted by molar-refractivity contribution is -0.122. The molecule has 1 fully saturated rings. The maximum atomic E-state index is 12.6. The minimum absolute atomic E-state index is 0.0347. The van der Waals surface area contributed by atoms with E-state index >= 15 is 0 Å². The Kier molecular flexibility index (Phi) is 2.32. The molecule has 0 unspecified atom stereocenters. The Morgan fingerprint density at radius 3 is 2.95 bits per heavy atom. The third-order valence-corrected chi connectivity index (χ3v) is 3.69. The molecule has 0 aromatic heterocycles. The van der Waals surface area contributed by atoms with Crippen molar-refractivity contribution in [2.75, 3.05) is 13.6 Å². The number of ether oxygens (including phenoxy) is 1. The molecule has 7 heteroatoms. The van der Waals surface area contributed by atoms with E-state index in [2.05, 4.69) is 16.6 Å². The molecule has 22 heavy (non-hydrogen) atoms. The van der Waals surface area contributed by atoms with E-state index in [0.717, 1.165) is 0 Å². The first-order valence-corrected chi connectivity index (χ1v) is 6.36. The Morgan fingerprint density at radius 1 is 1.50 bits per heavy atom. The molecule has 0 aliphatic carbocycles. The Labute approximate surface area is 130 Å². The molecule has 2 aliphatic rings. The summed E-state index contributed by atoms with van der Waals surface area (Å²) in [5, 5.41) is 4.41. The van der Waals surface area contributed by atoms with Gasteiger partial charge < -0.3 is 15.0 Å². The highest BCUT2D eigenvalue weighted by Crippen LogP contribution is 2.28. The SMILES string of the molecule is [2H]C([2H])([2H])Oc1ccc2c(c1)C(=O)N(C[C@@]1(C#C)NC(=O)NC1=O)C2. The summed E-state index contributed by atoms with van der Waals surface area (Å²) < 4.78 is 26.1. The van der Waals surface area contributed by atoms with Gasteiger partial charge in [-0.1, -0.05) is 12.0 Å². The fourth-order valence-corrected chi connectivity index (χ4v) is 2.57. The van der Waals surface area contributed by atoms with Gasteiger partial charge in [0.1, 0.15) is 5.75 Å². The van der Waals surface area contributed by atoms with Crippen LogP contribution in [0.4, 0.5) is 4.79 Å². The van der Waals surface area contributed by atoms with Crippen molar-refractivity contribution in [3.63, 3.8) is 0 Å². The smallest absolute Gasteiger partial charge is 0.323 e. The number of imide groups is 1. The van der Waals surface area contributed by atoms with Crippen molar-refractivity contribution in [1.82, 2.24) is 15.5 Å². The van der Waals surface area contributed by atoms with Crippen LogP contribution in [0.1, 0.15) is 20.0 Å². The van der Waals surface area contributed by atoms with Gasteiger partial charge in [0.15, 0.2) is 5.54 Å². The summed E-state index contributed by atoms with van der Waals surface area (Å²) in [6, 6.07) is 3.63. The Balaban J connectivity index is 1.83. The van der Waals surface area contributed by atoms with Gasteiger partial charge in [0.25, 0.3) is 11.8 Å². The maximum absolute atomic E-state index is 12.6. The van der Waals surface area contributed by atoms with Gasteiger partial charge in [-0.2, -0.15) is 0 Å². The molecule has 1 atom stereocenters. The maximum Gasteiger partial charge on any atom is 0.323 e. The summed E-state index contributed by atoms with van der Waals surface area (Å²) in [4.78, 5) is 37.2. The topological polar surface area (TPSA) is 87.7 Å². The highest BCUT2D eigenvalue weighted by atomic mass is 16.5. The first kappa shape index (κ1) is 10.7. The summed E-state index contributed by atoms with van der Waals surface area (Å²) >= 11 is 0. The van der Waals surface area contributed by atoms with Crippen LogP contribution in [0, 0.1) is 12.3 Å². The second-order valence-electron chi connectivity index (χ2n) is 5.04. The van der Waals surface area contributed by atoms with Gasteiger partial charge in [0.05, 0.1) is 17.7 Å². The molecule has 1 aromatic rings. The van der Waals surface area contributed by atoms with Gasteiger partial charge >= 0.3 is 6.03 Å².